The van der Waals surface area contributed by atoms with E-state index in [9.17, 15) is 12.8 Å². The molecular weight excluding hydrogens is 455 g/mol. The summed E-state index contributed by atoms with van der Waals surface area (Å²) in [4.78, 5) is 2.39. The molecule has 0 radical (unpaired) electrons. The van der Waals surface area contributed by atoms with E-state index < -0.39 is 15.8 Å². The van der Waals surface area contributed by atoms with Crippen molar-refractivity contribution in [2.24, 2.45) is 0 Å². The summed E-state index contributed by atoms with van der Waals surface area (Å²) >= 11 is 0. The molecule has 180 valence electrons. The maximum Gasteiger partial charge on any atom is 0.264 e. The molecule has 0 saturated carbocycles. The second-order valence-corrected chi connectivity index (χ2v) is 10.1. The average molecular weight is 485 g/mol. The highest BCUT2D eigenvalue weighted by molar-refractivity contribution is 7.92. The van der Waals surface area contributed by atoms with Crippen molar-refractivity contribution in [3.05, 3.63) is 84.2 Å². The molecule has 8 heteroatoms. The molecule has 0 aromatic heterocycles. The van der Waals surface area contributed by atoms with E-state index in [4.69, 9.17) is 9.47 Å². The van der Waals surface area contributed by atoms with Gasteiger partial charge in [-0.15, -0.1) is 0 Å². The van der Waals surface area contributed by atoms with E-state index >= 15 is 0 Å². The molecule has 0 N–H and O–H groups in total. The van der Waals surface area contributed by atoms with E-state index in [0.717, 1.165) is 19.6 Å². The van der Waals surface area contributed by atoms with Gasteiger partial charge >= 0.3 is 0 Å². The number of methoxy groups -OCH3 is 2. The Labute approximate surface area is 200 Å². The first-order valence-corrected chi connectivity index (χ1v) is 12.6. The molecule has 1 heterocycles. The number of piperidine rings is 1. The van der Waals surface area contributed by atoms with Crippen molar-refractivity contribution in [3.63, 3.8) is 0 Å². The summed E-state index contributed by atoms with van der Waals surface area (Å²) in [5.74, 6) is 0.481. The van der Waals surface area contributed by atoms with Gasteiger partial charge < -0.3 is 9.47 Å². The number of benzene rings is 3. The number of halogens is 1. The predicted molar refractivity (Wildman–Crippen MR) is 130 cm³/mol. The third-order valence-corrected chi connectivity index (χ3v) is 8.02. The molecule has 1 fully saturated rings. The fourth-order valence-electron chi connectivity index (χ4n) is 4.38. The Balaban J connectivity index is 1.64. The van der Waals surface area contributed by atoms with Gasteiger partial charge in [-0.1, -0.05) is 30.3 Å². The van der Waals surface area contributed by atoms with Gasteiger partial charge in [0.1, 0.15) is 5.82 Å². The molecule has 0 atom stereocenters. The third kappa shape index (κ3) is 5.18. The molecule has 34 heavy (non-hydrogen) atoms. The van der Waals surface area contributed by atoms with Gasteiger partial charge in [-0.05, 0) is 54.8 Å². The first kappa shape index (κ1) is 24.0. The van der Waals surface area contributed by atoms with Gasteiger partial charge in [0.15, 0.2) is 11.5 Å². The number of likely N-dealkylation sites (tertiary alicyclic amines) is 1. The number of sulfonamides is 1. The van der Waals surface area contributed by atoms with Crippen LogP contribution in [0.15, 0.2) is 77.7 Å². The standard InChI is InChI=1S/C26H29FN2O4S/c1-32-25-13-10-23(18-26(25)33-2)29(34(30,31)24-11-8-21(27)9-12-24)22-14-16-28(17-15-22)19-20-6-4-3-5-7-20/h3-13,18,22H,14-17,19H2,1-2H3. The molecule has 0 bridgehead atoms. The van der Waals surface area contributed by atoms with Crippen LogP contribution in [0.3, 0.4) is 0 Å². The number of ether oxygens (including phenoxy) is 2. The molecule has 6 nitrogen and oxygen atoms in total. The minimum atomic E-state index is -3.94. The molecule has 0 aliphatic carbocycles. The molecule has 4 rings (SSSR count). The lowest BCUT2D eigenvalue weighted by Gasteiger charge is -2.39. The zero-order valence-corrected chi connectivity index (χ0v) is 20.2. The molecule has 1 saturated heterocycles. The Hall–Kier alpha value is -3.10. The Morgan fingerprint density at radius 3 is 2.18 bits per heavy atom. The summed E-state index contributed by atoms with van der Waals surface area (Å²) in [7, 11) is -0.889. The average Bonchev–Trinajstić information content (AvgIpc) is 2.86. The summed E-state index contributed by atoms with van der Waals surface area (Å²) in [6.07, 6.45) is 1.34. The molecule has 0 unspecified atom stereocenters. The molecule has 1 aliphatic rings. The van der Waals surface area contributed by atoms with Crippen LogP contribution in [0.25, 0.3) is 0 Å². The van der Waals surface area contributed by atoms with E-state index in [0.29, 0.717) is 30.0 Å². The summed E-state index contributed by atoms with van der Waals surface area (Å²) < 4.78 is 53.3. The smallest absolute Gasteiger partial charge is 0.264 e. The Morgan fingerprint density at radius 2 is 1.56 bits per heavy atom. The molecule has 0 spiro atoms. The quantitative estimate of drug-likeness (QED) is 0.464. The van der Waals surface area contributed by atoms with Crippen molar-refractivity contribution < 1.29 is 22.3 Å². The first-order chi connectivity index (χ1) is 16.4. The van der Waals surface area contributed by atoms with Crippen LogP contribution >= 0.6 is 0 Å². The van der Waals surface area contributed by atoms with Crippen LogP contribution in [-0.4, -0.2) is 46.7 Å². The second-order valence-electron chi connectivity index (χ2n) is 8.29. The van der Waals surface area contributed by atoms with E-state index in [1.807, 2.05) is 18.2 Å². The normalized spacial score (nSPS) is 15.1. The number of rotatable bonds is 8. The van der Waals surface area contributed by atoms with Crippen LogP contribution in [0.2, 0.25) is 0 Å². The van der Waals surface area contributed by atoms with Crippen molar-refractivity contribution >= 4 is 15.7 Å². The third-order valence-electron chi connectivity index (χ3n) is 6.13. The van der Waals surface area contributed by atoms with Crippen LogP contribution in [0.4, 0.5) is 10.1 Å². The molecule has 0 amide bonds. The van der Waals surface area contributed by atoms with Crippen molar-refractivity contribution in [2.75, 3.05) is 31.6 Å². The van der Waals surface area contributed by atoms with Crippen LogP contribution in [0, 0.1) is 5.82 Å². The van der Waals surface area contributed by atoms with Crippen molar-refractivity contribution in [1.82, 2.24) is 4.90 Å². The van der Waals surface area contributed by atoms with Gasteiger partial charge in [-0.25, -0.2) is 12.8 Å². The van der Waals surface area contributed by atoms with E-state index in [-0.39, 0.29) is 10.9 Å². The summed E-state index contributed by atoms with van der Waals surface area (Å²) in [6.45, 7) is 2.36. The Bertz CT molecular complexity index is 1200. The summed E-state index contributed by atoms with van der Waals surface area (Å²) in [5, 5.41) is 0. The SMILES string of the molecule is COc1ccc(N(C2CCN(Cc3ccccc3)CC2)S(=O)(=O)c2ccc(F)cc2)cc1OC. The monoisotopic (exact) mass is 484 g/mol. The van der Waals surface area contributed by atoms with Gasteiger partial charge in [0.05, 0.1) is 24.8 Å². The fourth-order valence-corrected chi connectivity index (χ4v) is 6.08. The van der Waals surface area contributed by atoms with Crippen molar-refractivity contribution in [1.29, 1.82) is 0 Å². The Kier molecular flexibility index (Phi) is 7.38. The number of hydrogen-bond acceptors (Lipinski definition) is 5. The fraction of sp³-hybridized carbons (Fsp3) is 0.308. The molecule has 3 aromatic carbocycles. The van der Waals surface area contributed by atoms with Gasteiger partial charge in [-0.3, -0.25) is 9.21 Å². The zero-order chi connectivity index (χ0) is 24.1. The molecule has 1 aliphatic heterocycles. The van der Waals surface area contributed by atoms with Crippen molar-refractivity contribution in [2.45, 2.75) is 30.3 Å². The summed E-state index contributed by atoms with van der Waals surface area (Å²) in [6, 6.07) is 20.0. The zero-order valence-electron chi connectivity index (χ0n) is 19.4. The van der Waals surface area contributed by atoms with Crippen LogP contribution in [0.1, 0.15) is 18.4 Å². The Morgan fingerprint density at radius 1 is 0.912 bits per heavy atom. The topological polar surface area (TPSA) is 59.1 Å². The maximum atomic E-state index is 13.8. The van der Waals surface area contributed by atoms with Crippen LogP contribution in [-0.2, 0) is 16.6 Å². The minimum Gasteiger partial charge on any atom is -0.493 e. The lowest BCUT2D eigenvalue weighted by Crippen LogP contribution is -2.47. The van der Waals surface area contributed by atoms with Gasteiger partial charge in [0.25, 0.3) is 10.0 Å². The summed E-state index contributed by atoms with van der Waals surface area (Å²) in [5.41, 5.74) is 1.72. The molecule has 3 aromatic rings. The number of hydrogen-bond donors (Lipinski definition) is 0. The first-order valence-electron chi connectivity index (χ1n) is 11.2. The van der Waals surface area contributed by atoms with Crippen LogP contribution < -0.4 is 13.8 Å². The van der Waals surface area contributed by atoms with Gasteiger partial charge in [-0.2, -0.15) is 0 Å². The maximum absolute atomic E-state index is 13.8. The van der Waals surface area contributed by atoms with E-state index in [2.05, 4.69) is 17.0 Å². The van der Waals surface area contributed by atoms with Gasteiger partial charge in [0, 0.05) is 31.7 Å². The van der Waals surface area contributed by atoms with Crippen molar-refractivity contribution in [3.8, 4) is 11.5 Å². The second kappa shape index (κ2) is 10.4. The molecular formula is C26H29FN2O4S. The van der Waals surface area contributed by atoms with Crippen LogP contribution in [0.5, 0.6) is 11.5 Å². The number of anilines is 1. The highest BCUT2D eigenvalue weighted by atomic mass is 32.2. The highest BCUT2D eigenvalue weighted by Crippen LogP contribution is 2.36. The highest BCUT2D eigenvalue weighted by Gasteiger charge is 2.34. The lowest BCUT2D eigenvalue weighted by molar-refractivity contribution is 0.206. The van der Waals surface area contributed by atoms with E-state index in [1.165, 1.54) is 48.4 Å². The minimum absolute atomic E-state index is 0.0513. The van der Waals surface area contributed by atoms with E-state index in [1.54, 1.807) is 18.2 Å². The number of nitrogens with zero attached hydrogens (tertiary/aromatic N) is 2. The predicted octanol–water partition coefficient (Wildman–Crippen LogP) is 4.70. The largest absolute Gasteiger partial charge is 0.493 e. The lowest BCUT2D eigenvalue weighted by atomic mass is 10.0. The van der Waals surface area contributed by atoms with Gasteiger partial charge in [0.2, 0.25) is 0 Å².